The first kappa shape index (κ1) is 23.9. The summed E-state index contributed by atoms with van der Waals surface area (Å²) in [5, 5.41) is 4.51. The van der Waals surface area contributed by atoms with Crippen LogP contribution in [-0.4, -0.2) is 59.5 Å². The molecule has 0 N–H and O–H groups in total. The fourth-order valence-electron chi connectivity index (χ4n) is 4.19. The van der Waals surface area contributed by atoms with Crippen LogP contribution in [0.5, 0.6) is 0 Å². The van der Waals surface area contributed by atoms with Gasteiger partial charge in [0.1, 0.15) is 4.90 Å². The second-order valence-electron chi connectivity index (χ2n) is 8.62. The van der Waals surface area contributed by atoms with Crippen LogP contribution >= 0.6 is 0 Å². The van der Waals surface area contributed by atoms with Gasteiger partial charge in [-0.1, -0.05) is 60.2 Å². The third-order valence-electron chi connectivity index (χ3n) is 6.13. The van der Waals surface area contributed by atoms with E-state index in [9.17, 15) is 13.2 Å². The molecule has 34 heavy (non-hydrogen) atoms. The Balaban J connectivity index is 1.43. The smallest absolute Gasteiger partial charge is 0.246 e. The summed E-state index contributed by atoms with van der Waals surface area (Å²) in [5.74, 6) is -0.110. The molecule has 0 atom stereocenters. The van der Waals surface area contributed by atoms with E-state index < -0.39 is 10.0 Å². The standard InChI is InChI=1S/C26H30N4O3S/c1-20-9-11-23(12-10-20)13-14-25(31)28-15-17-29(18-16-28)34(32,33)26-21(2)27-30(22(26)3)19-24-7-5-4-6-8-24/h4-14H,15-19H2,1-3H3/b14-13+. The first-order valence-electron chi connectivity index (χ1n) is 11.4. The van der Waals surface area contributed by atoms with Gasteiger partial charge in [-0.2, -0.15) is 9.40 Å². The quantitative estimate of drug-likeness (QED) is 0.509. The Bertz CT molecular complexity index is 1290. The number of carbonyl (C=O) groups is 1. The number of nitrogens with zero attached hydrogens (tertiary/aromatic N) is 4. The first-order chi connectivity index (χ1) is 16.3. The van der Waals surface area contributed by atoms with Gasteiger partial charge in [-0.25, -0.2) is 8.42 Å². The van der Waals surface area contributed by atoms with Crippen molar-refractivity contribution in [2.45, 2.75) is 32.2 Å². The molecule has 0 radical (unpaired) electrons. The molecule has 0 unspecified atom stereocenters. The van der Waals surface area contributed by atoms with E-state index >= 15 is 0 Å². The monoisotopic (exact) mass is 478 g/mol. The summed E-state index contributed by atoms with van der Waals surface area (Å²) in [6, 6.07) is 17.8. The number of sulfonamides is 1. The third kappa shape index (κ3) is 5.13. The van der Waals surface area contributed by atoms with Gasteiger partial charge in [-0.05, 0) is 38.0 Å². The number of piperazine rings is 1. The van der Waals surface area contributed by atoms with Gasteiger partial charge < -0.3 is 4.90 Å². The highest BCUT2D eigenvalue weighted by molar-refractivity contribution is 7.89. The number of hydrogen-bond acceptors (Lipinski definition) is 4. The number of amides is 1. The van der Waals surface area contributed by atoms with Crippen molar-refractivity contribution in [1.82, 2.24) is 19.0 Å². The molecule has 4 rings (SSSR count). The Labute approximate surface area is 201 Å². The minimum atomic E-state index is -3.71. The molecule has 8 heteroatoms. The molecule has 1 aliphatic rings. The van der Waals surface area contributed by atoms with E-state index in [0.717, 1.165) is 16.7 Å². The molecular weight excluding hydrogens is 448 g/mol. The highest BCUT2D eigenvalue weighted by atomic mass is 32.2. The lowest BCUT2D eigenvalue weighted by molar-refractivity contribution is -0.127. The molecule has 0 saturated carbocycles. The van der Waals surface area contributed by atoms with E-state index in [-0.39, 0.29) is 23.9 Å². The van der Waals surface area contributed by atoms with E-state index in [4.69, 9.17) is 0 Å². The molecule has 1 aromatic heterocycles. The van der Waals surface area contributed by atoms with Gasteiger partial charge in [-0.15, -0.1) is 0 Å². The first-order valence-corrected chi connectivity index (χ1v) is 12.8. The van der Waals surface area contributed by atoms with Gasteiger partial charge in [0.05, 0.1) is 17.9 Å². The van der Waals surface area contributed by atoms with E-state index in [1.54, 1.807) is 35.6 Å². The van der Waals surface area contributed by atoms with Crippen LogP contribution in [0.15, 0.2) is 65.6 Å². The third-order valence-corrected chi connectivity index (χ3v) is 8.29. The number of hydrogen-bond donors (Lipinski definition) is 0. The van der Waals surface area contributed by atoms with E-state index in [2.05, 4.69) is 5.10 Å². The van der Waals surface area contributed by atoms with Gasteiger partial charge >= 0.3 is 0 Å². The number of carbonyl (C=O) groups excluding carboxylic acids is 1. The van der Waals surface area contributed by atoms with Gasteiger partial charge in [-0.3, -0.25) is 9.48 Å². The number of aryl methyl sites for hydroxylation is 2. The summed E-state index contributed by atoms with van der Waals surface area (Å²) >= 11 is 0. The lowest BCUT2D eigenvalue weighted by atomic mass is 10.1. The Morgan fingerprint density at radius 2 is 1.59 bits per heavy atom. The van der Waals surface area contributed by atoms with Crippen molar-refractivity contribution in [1.29, 1.82) is 0 Å². The zero-order valence-corrected chi connectivity index (χ0v) is 20.6. The lowest BCUT2D eigenvalue weighted by Gasteiger charge is -2.33. The highest BCUT2D eigenvalue weighted by Gasteiger charge is 2.33. The van der Waals surface area contributed by atoms with Crippen LogP contribution in [-0.2, 0) is 21.4 Å². The molecule has 0 spiro atoms. The van der Waals surface area contributed by atoms with Crippen LogP contribution in [0.2, 0.25) is 0 Å². The van der Waals surface area contributed by atoms with Gasteiger partial charge in [0.25, 0.3) is 0 Å². The molecule has 2 aromatic carbocycles. The minimum absolute atomic E-state index is 0.110. The van der Waals surface area contributed by atoms with E-state index in [0.29, 0.717) is 31.0 Å². The van der Waals surface area contributed by atoms with E-state index in [1.807, 2.05) is 61.5 Å². The molecule has 1 saturated heterocycles. The Morgan fingerprint density at radius 1 is 0.941 bits per heavy atom. The van der Waals surface area contributed by atoms with Crippen molar-refractivity contribution in [2.75, 3.05) is 26.2 Å². The summed E-state index contributed by atoms with van der Waals surface area (Å²) in [4.78, 5) is 14.6. The fraction of sp³-hybridized carbons (Fsp3) is 0.308. The second-order valence-corrected chi connectivity index (χ2v) is 10.5. The Hall–Kier alpha value is -3.23. The van der Waals surface area contributed by atoms with Gasteiger partial charge in [0.15, 0.2) is 0 Å². The largest absolute Gasteiger partial charge is 0.337 e. The molecule has 3 aromatic rings. The SMILES string of the molecule is Cc1ccc(/C=C/C(=O)N2CCN(S(=O)(=O)c3c(C)nn(Cc4ccccc4)c3C)CC2)cc1. The van der Waals surface area contributed by atoms with Crippen LogP contribution in [0.4, 0.5) is 0 Å². The topological polar surface area (TPSA) is 75.5 Å². The summed E-state index contributed by atoms with van der Waals surface area (Å²) in [7, 11) is -3.71. The van der Waals surface area contributed by atoms with Crippen molar-refractivity contribution in [3.05, 3.63) is 88.8 Å². The van der Waals surface area contributed by atoms with Gasteiger partial charge in [0, 0.05) is 32.3 Å². The molecule has 1 fully saturated rings. The zero-order chi connectivity index (χ0) is 24.3. The summed E-state index contributed by atoms with van der Waals surface area (Å²) < 4.78 is 30.1. The Kier molecular flexibility index (Phi) is 7.00. The molecule has 0 bridgehead atoms. The normalized spacial score (nSPS) is 15.2. The van der Waals surface area contributed by atoms with Crippen molar-refractivity contribution >= 4 is 22.0 Å². The highest BCUT2D eigenvalue weighted by Crippen LogP contribution is 2.25. The fourth-order valence-corrected chi connectivity index (χ4v) is 5.99. The van der Waals surface area contributed by atoms with Crippen LogP contribution < -0.4 is 0 Å². The maximum atomic E-state index is 13.5. The van der Waals surface area contributed by atoms with Crippen LogP contribution in [0.25, 0.3) is 6.08 Å². The second kappa shape index (κ2) is 9.95. The van der Waals surface area contributed by atoms with Crippen molar-refractivity contribution in [3.8, 4) is 0 Å². The average molecular weight is 479 g/mol. The predicted octanol–water partition coefficient (Wildman–Crippen LogP) is 3.40. The van der Waals surface area contributed by atoms with Crippen molar-refractivity contribution in [3.63, 3.8) is 0 Å². The summed E-state index contributed by atoms with van der Waals surface area (Å²) in [5.41, 5.74) is 4.30. The number of rotatable bonds is 6. The maximum Gasteiger partial charge on any atom is 0.246 e. The number of aromatic nitrogens is 2. The maximum absolute atomic E-state index is 13.5. The van der Waals surface area contributed by atoms with Crippen LogP contribution in [0, 0.1) is 20.8 Å². The van der Waals surface area contributed by atoms with Crippen molar-refractivity contribution < 1.29 is 13.2 Å². The van der Waals surface area contributed by atoms with Crippen LogP contribution in [0.3, 0.4) is 0 Å². The van der Waals surface area contributed by atoms with E-state index in [1.165, 1.54) is 4.31 Å². The molecule has 7 nitrogen and oxygen atoms in total. The molecule has 1 aliphatic heterocycles. The predicted molar refractivity (Wildman–Crippen MR) is 133 cm³/mol. The molecule has 2 heterocycles. The van der Waals surface area contributed by atoms with Crippen molar-refractivity contribution in [2.24, 2.45) is 0 Å². The zero-order valence-electron chi connectivity index (χ0n) is 19.8. The summed E-state index contributed by atoms with van der Waals surface area (Å²) in [6.07, 6.45) is 3.34. The molecule has 178 valence electrons. The lowest BCUT2D eigenvalue weighted by Crippen LogP contribution is -2.50. The molecular formula is C26H30N4O3S. The van der Waals surface area contributed by atoms with Crippen LogP contribution in [0.1, 0.15) is 28.1 Å². The Morgan fingerprint density at radius 3 is 2.24 bits per heavy atom. The number of benzene rings is 2. The molecule has 1 amide bonds. The van der Waals surface area contributed by atoms with Gasteiger partial charge in [0.2, 0.25) is 15.9 Å². The minimum Gasteiger partial charge on any atom is -0.337 e. The average Bonchev–Trinajstić information content (AvgIpc) is 3.12. The molecule has 0 aliphatic carbocycles. The summed E-state index contributed by atoms with van der Waals surface area (Å²) in [6.45, 7) is 7.29.